The summed E-state index contributed by atoms with van der Waals surface area (Å²) in [6.45, 7) is 2.14. The van der Waals surface area contributed by atoms with Gasteiger partial charge in [-0.2, -0.15) is 0 Å². The molecule has 1 amide bonds. The van der Waals surface area contributed by atoms with Gasteiger partial charge in [0.2, 0.25) is 12.4 Å². The highest BCUT2D eigenvalue weighted by atomic mass is 35.5. The van der Waals surface area contributed by atoms with Gasteiger partial charge in [-0.1, -0.05) is 35.3 Å². The fraction of sp³-hybridized carbons (Fsp3) is 0.343. The molecule has 2 aromatic heterocycles. The molecule has 0 radical (unpaired) electrons. The van der Waals surface area contributed by atoms with Crippen molar-refractivity contribution in [2.24, 2.45) is 5.92 Å². The number of pyridine rings is 1. The first kappa shape index (κ1) is 35.5. The lowest BCUT2D eigenvalue weighted by atomic mass is 9.85. The summed E-state index contributed by atoms with van der Waals surface area (Å²) >= 11 is 13.9. The molecule has 50 heavy (non-hydrogen) atoms. The Hall–Kier alpha value is -4.30. The number of benzene rings is 2. The Morgan fingerprint density at radius 2 is 1.80 bits per heavy atom. The molecule has 264 valence electrons. The number of amides is 1. The largest absolute Gasteiger partial charge is 0.544 e. The second kappa shape index (κ2) is 14.9. The van der Waals surface area contributed by atoms with Crippen molar-refractivity contribution in [2.45, 2.75) is 37.8 Å². The van der Waals surface area contributed by atoms with Crippen molar-refractivity contribution in [3.05, 3.63) is 97.2 Å². The molecule has 3 fully saturated rings. The lowest BCUT2D eigenvalue weighted by Crippen LogP contribution is -2.53. The first-order chi connectivity index (χ1) is 24.0. The number of methoxy groups -OCH3 is 2. The second-order valence-corrected chi connectivity index (χ2v) is 14.2. The van der Waals surface area contributed by atoms with Crippen LogP contribution >= 0.6 is 34.5 Å². The third kappa shape index (κ3) is 7.27. The highest BCUT2D eigenvalue weighted by molar-refractivity contribution is 7.14. The zero-order chi connectivity index (χ0) is 35.7. The van der Waals surface area contributed by atoms with Crippen LogP contribution in [0.15, 0.2) is 54.9 Å². The van der Waals surface area contributed by atoms with E-state index in [-0.39, 0.29) is 39.5 Å². The predicted molar refractivity (Wildman–Crippen MR) is 181 cm³/mol. The van der Waals surface area contributed by atoms with Crippen molar-refractivity contribution in [3.63, 3.8) is 0 Å². The first-order valence-corrected chi connectivity index (χ1v) is 17.4. The van der Waals surface area contributed by atoms with E-state index in [1.807, 2.05) is 0 Å². The molecule has 2 aromatic carbocycles. The number of anilines is 1. The van der Waals surface area contributed by atoms with Gasteiger partial charge in [0.1, 0.15) is 16.1 Å². The van der Waals surface area contributed by atoms with Gasteiger partial charge in [-0.05, 0) is 79.7 Å². The molecule has 0 aliphatic carbocycles. The van der Waals surface area contributed by atoms with E-state index < -0.39 is 35.7 Å². The van der Waals surface area contributed by atoms with Crippen molar-refractivity contribution in [2.75, 3.05) is 38.8 Å². The minimum absolute atomic E-state index is 0.0803. The van der Waals surface area contributed by atoms with Crippen molar-refractivity contribution in [1.82, 2.24) is 4.90 Å². The van der Waals surface area contributed by atoms with Crippen LogP contribution in [0, 0.1) is 11.7 Å². The molecule has 0 unspecified atom stereocenters. The van der Waals surface area contributed by atoms with Gasteiger partial charge in [0.15, 0.2) is 23.1 Å². The van der Waals surface area contributed by atoms with E-state index >= 15 is 4.39 Å². The average Bonchev–Trinajstić information content (AvgIpc) is 3.52. The van der Waals surface area contributed by atoms with Gasteiger partial charge in [-0.25, -0.2) is 9.18 Å². The number of aromatic hydroxyl groups is 1. The van der Waals surface area contributed by atoms with Crippen LogP contribution in [0.25, 0.3) is 0 Å². The minimum Gasteiger partial charge on any atom is -0.544 e. The number of ether oxygens (including phenoxy) is 3. The standard InChI is InChI=1S/C35H34Cl2FN3O8S/c1-47-29-7-6-20(12-30(29)48-2)22(14-24-25(36)16-40(46)17-26(24)37)23-13-21(50-33(23)34(43)44)15-41(27-4-3-5-28(42)32(27)38)35(45)49-31-18-39-10-8-19(31)9-11-39/h3-7,12-13,16-17,19,22,31H,8-11,14-15,18H2,1-2H3,(H2-,42,43,44,46)/t22-,31-/m0/s1. The summed E-state index contributed by atoms with van der Waals surface area (Å²) in [7, 11) is 2.96. The molecule has 2 bridgehead atoms. The maximum atomic E-state index is 15.4. The number of rotatable bonds is 11. The highest BCUT2D eigenvalue weighted by Gasteiger charge is 2.38. The number of phenolic OH excluding ortho intramolecular Hbond substituents is 1. The number of halogens is 3. The number of carboxylic acids is 1. The van der Waals surface area contributed by atoms with Gasteiger partial charge in [0.05, 0.1) is 37.3 Å². The lowest BCUT2D eigenvalue weighted by Gasteiger charge is -2.44. The monoisotopic (exact) mass is 745 g/mol. The SMILES string of the molecule is COc1ccc([C@H](Cc2c(Cl)c[n+](O)cc2Cl)c2cc(CN(C(=O)O[C@H]3CN4CCC3CC4)c3cccc(O)c3F)sc2C(=O)[O-])cc1OC. The van der Waals surface area contributed by atoms with Crippen LogP contribution in [-0.4, -0.2) is 67.2 Å². The molecule has 11 nitrogen and oxygen atoms in total. The number of piperidine rings is 3. The van der Waals surface area contributed by atoms with Crippen molar-refractivity contribution >= 4 is 52.3 Å². The number of carboxylic acid groups (broad SMARTS) is 1. The molecule has 3 aliphatic rings. The van der Waals surface area contributed by atoms with Crippen LogP contribution in [0.5, 0.6) is 17.2 Å². The van der Waals surface area contributed by atoms with Gasteiger partial charge >= 0.3 is 6.09 Å². The van der Waals surface area contributed by atoms with Crippen molar-refractivity contribution < 1.29 is 48.3 Å². The maximum absolute atomic E-state index is 15.4. The Bertz CT molecular complexity index is 1900. The summed E-state index contributed by atoms with van der Waals surface area (Å²) in [4.78, 5) is 30.1. The number of fused-ring (bicyclic) bond motifs is 3. The van der Waals surface area contributed by atoms with E-state index in [0.717, 1.165) is 46.9 Å². The van der Waals surface area contributed by atoms with Crippen LogP contribution in [0.3, 0.4) is 0 Å². The predicted octanol–water partition coefficient (Wildman–Crippen LogP) is 5.42. The molecule has 15 heteroatoms. The summed E-state index contributed by atoms with van der Waals surface area (Å²) < 4.78 is 33.0. The third-order valence-electron chi connectivity index (χ3n) is 9.29. The number of aromatic carboxylic acids is 1. The number of carbonyl (C=O) groups is 2. The summed E-state index contributed by atoms with van der Waals surface area (Å²) in [5, 5.41) is 33.2. The van der Waals surface area contributed by atoms with Crippen LogP contribution in [0.2, 0.25) is 10.0 Å². The fourth-order valence-corrected chi connectivity index (χ4v) is 8.38. The Balaban J connectivity index is 1.42. The number of phenols is 1. The minimum atomic E-state index is -1.47. The molecular formula is C35H34Cl2FN3O8S. The van der Waals surface area contributed by atoms with Gasteiger partial charge in [0, 0.05) is 27.6 Å². The van der Waals surface area contributed by atoms with Gasteiger partial charge < -0.3 is 29.2 Å². The molecular weight excluding hydrogens is 712 g/mol. The van der Waals surface area contributed by atoms with E-state index in [2.05, 4.69) is 4.90 Å². The quantitative estimate of drug-likeness (QED) is 0.153. The van der Waals surface area contributed by atoms with Crippen LogP contribution in [-0.2, 0) is 17.7 Å². The Morgan fingerprint density at radius 3 is 2.42 bits per heavy atom. The van der Waals surface area contributed by atoms with Crippen LogP contribution in [0.4, 0.5) is 14.9 Å². The molecule has 3 aliphatic heterocycles. The van der Waals surface area contributed by atoms with Crippen LogP contribution < -0.4 is 24.2 Å². The first-order valence-electron chi connectivity index (χ1n) is 15.8. The number of carbonyl (C=O) groups excluding carboxylic acids is 2. The molecule has 7 rings (SSSR count). The summed E-state index contributed by atoms with van der Waals surface area (Å²) in [5.41, 5.74) is 1.13. The lowest BCUT2D eigenvalue weighted by molar-refractivity contribution is -0.904. The number of hydrogen-bond acceptors (Lipinski definition) is 10. The maximum Gasteiger partial charge on any atom is 0.415 e. The topological polar surface area (TPSA) is 136 Å². The summed E-state index contributed by atoms with van der Waals surface area (Å²) in [6, 6.07) is 10.7. The summed E-state index contributed by atoms with van der Waals surface area (Å²) in [5.74, 6) is -2.85. The zero-order valence-electron chi connectivity index (χ0n) is 27.1. The highest BCUT2D eigenvalue weighted by Crippen LogP contribution is 2.42. The van der Waals surface area contributed by atoms with E-state index in [1.165, 1.54) is 44.8 Å². The van der Waals surface area contributed by atoms with Gasteiger partial charge in [-0.15, -0.1) is 11.3 Å². The van der Waals surface area contributed by atoms with E-state index in [4.69, 9.17) is 37.4 Å². The Kier molecular flexibility index (Phi) is 10.6. The molecule has 3 saturated heterocycles. The number of nitrogens with zero attached hydrogens (tertiary/aromatic N) is 3. The smallest absolute Gasteiger partial charge is 0.415 e. The fourth-order valence-electron chi connectivity index (χ4n) is 6.73. The molecule has 2 atom stereocenters. The number of thiophene rings is 1. The molecule has 2 N–H and O–H groups in total. The van der Waals surface area contributed by atoms with Crippen molar-refractivity contribution in [3.8, 4) is 17.2 Å². The van der Waals surface area contributed by atoms with E-state index in [1.54, 1.807) is 24.3 Å². The second-order valence-electron chi connectivity index (χ2n) is 12.2. The average molecular weight is 747 g/mol. The van der Waals surface area contributed by atoms with Crippen LogP contribution in [0.1, 0.15) is 50.0 Å². The number of hydrogen-bond donors (Lipinski definition) is 2. The Labute approximate surface area is 301 Å². The molecule has 0 spiro atoms. The molecule has 4 aromatic rings. The zero-order valence-corrected chi connectivity index (χ0v) is 29.4. The normalized spacial score (nSPS) is 18.8. The van der Waals surface area contributed by atoms with E-state index in [0.29, 0.717) is 39.6 Å². The Morgan fingerprint density at radius 1 is 1.10 bits per heavy atom. The molecule has 5 heterocycles. The molecule has 0 saturated carbocycles. The van der Waals surface area contributed by atoms with Gasteiger partial charge in [0.25, 0.3) is 0 Å². The van der Waals surface area contributed by atoms with Crippen molar-refractivity contribution in [1.29, 1.82) is 0 Å². The summed E-state index contributed by atoms with van der Waals surface area (Å²) in [6.07, 6.45) is 3.15. The van der Waals surface area contributed by atoms with Gasteiger partial charge in [-0.3, -0.25) is 15.0 Å². The third-order valence-corrected chi connectivity index (χ3v) is 11.1. The number of aromatic nitrogens is 1. The van der Waals surface area contributed by atoms with E-state index in [9.17, 15) is 25.0 Å².